The number of carbonyl (C=O) groups excluding carboxylic acids is 4. The van der Waals surface area contributed by atoms with Crippen LogP contribution in [0.5, 0.6) is 0 Å². The van der Waals surface area contributed by atoms with Crippen LogP contribution < -0.4 is 10.6 Å². The maximum Gasteiger partial charge on any atom is 0.337 e. The van der Waals surface area contributed by atoms with Crippen LogP contribution in [-0.4, -0.2) is 44.0 Å². The molecule has 9 heteroatoms. The van der Waals surface area contributed by atoms with E-state index < -0.39 is 30.4 Å². The first-order chi connectivity index (χ1) is 13.5. The van der Waals surface area contributed by atoms with Crippen LogP contribution in [0.25, 0.3) is 0 Å². The number of hydrogen-bond donors (Lipinski definition) is 2. The van der Waals surface area contributed by atoms with Gasteiger partial charge in [-0.15, -0.1) is 0 Å². The van der Waals surface area contributed by atoms with Crippen LogP contribution >= 0.6 is 0 Å². The first-order valence-corrected chi connectivity index (χ1v) is 8.41. The van der Waals surface area contributed by atoms with Crippen molar-refractivity contribution >= 4 is 23.8 Å². The molecule has 1 aromatic carbocycles. The number of furan rings is 1. The van der Waals surface area contributed by atoms with E-state index in [-0.39, 0.29) is 25.3 Å². The summed E-state index contributed by atoms with van der Waals surface area (Å²) in [5, 5.41) is 5.10. The largest absolute Gasteiger partial charge is 0.465 e. The van der Waals surface area contributed by atoms with E-state index in [2.05, 4.69) is 15.4 Å². The minimum absolute atomic E-state index is 0.0620. The highest BCUT2D eigenvalue weighted by Crippen LogP contribution is 2.05. The lowest BCUT2D eigenvalue weighted by Crippen LogP contribution is -2.30. The number of amides is 2. The van der Waals surface area contributed by atoms with Gasteiger partial charge in [0, 0.05) is 13.1 Å². The molecule has 28 heavy (non-hydrogen) atoms. The highest BCUT2D eigenvalue weighted by Gasteiger charge is 2.11. The number of carbonyl (C=O) groups is 4. The van der Waals surface area contributed by atoms with E-state index in [0.29, 0.717) is 5.56 Å². The van der Waals surface area contributed by atoms with Gasteiger partial charge < -0.3 is 24.5 Å². The molecule has 2 aromatic rings. The molecular weight excluding hydrogens is 368 g/mol. The predicted molar refractivity (Wildman–Crippen MR) is 96.2 cm³/mol. The Hall–Kier alpha value is -3.62. The van der Waals surface area contributed by atoms with Gasteiger partial charge in [-0.1, -0.05) is 12.1 Å². The Kier molecular flexibility index (Phi) is 7.77. The molecule has 0 aliphatic carbocycles. The molecule has 0 radical (unpaired) electrons. The standard InChI is InChI=1S/C19H20N2O7/c1-26-19(25)14-6-4-13(5-7-14)11-21-16(22)12-28-17(23)8-9-20-18(24)15-3-2-10-27-15/h2-7,10H,8-9,11-12H2,1H3,(H,20,24)(H,21,22). The number of hydrogen-bond acceptors (Lipinski definition) is 7. The molecule has 0 aliphatic rings. The zero-order valence-corrected chi connectivity index (χ0v) is 15.2. The molecule has 0 atom stereocenters. The third-order valence-electron chi connectivity index (χ3n) is 3.59. The van der Waals surface area contributed by atoms with Crippen LogP contribution in [0.4, 0.5) is 0 Å². The van der Waals surface area contributed by atoms with Crippen LogP contribution in [-0.2, 0) is 25.6 Å². The van der Waals surface area contributed by atoms with Crippen LogP contribution in [0.15, 0.2) is 47.1 Å². The summed E-state index contributed by atoms with van der Waals surface area (Å²) >= 11 is 0. The van der Waals surface area contributed by atoms with Crippen molar-refractivity contribution in [2.75, 3.05) is 20.3 Å². The fourth-order valence-corrected chi connectivity index (χ4v) is 2.12. The van der Waals surface area contributed by atoms with Crippen molar-refractivity contribution in [3.63, 3.8) is 0 Å². The minimum Gasteiger partial charge on any atom is -0.465 e. The number of methoxy groups -OCH3 is 1. The SMILES string of the molecule is COC(=O)c1ccc(CNC(=O)COC(=O)CCNC(=O)c2ccco2)cc1. The molecule has 148 valence electrons. The van der Waals surface area contributed by atoms with Crippen molar-refractivity contribution in [3.05, 3.63) is 59.5 Å². The Morgan fingerprint density at radius 1 is 1.04 bits per heavy atom. The smallest absolute Gasteiger partial charge is 0.337 e. The van der Waals surface area contributed by atoms with Gasteiger partial charge in [-0.3, -0.25) is 14.4 Å². The van der Waals surface area contributed by atoms with E-state index in [9.17, 15) is 19.2 Å². The van der Waals surface area contributed by atoms with Gasteiger partial charge >= 0.3 is 11.9 Å². The number of nitrogens with one attached hydrogen (secondary N) is 2. The molecule has 0 fully saturated rings. The maximum absolute atomic E-state index is 11.7. The van der Waals surface area contributed by atoms with Crippen LogP contribution in [0.2, 0.25) is 0 Å². The third-order valence-corrected chi connectivity index (χ3v) is 3.59. The second kappa shape index (κ2) is 10.5. The molecule has 0 saturated carbocycles. The van der Waals surface area contributed by atoms with Gasteiger partial charge in [-0.2, -0.15) is 0 Å². The predicted octanol–water partition coefficient (Wildman–Crippen LogP) is 1.05. The second-order valence-electron chi connectivity index (χ2n) is 5.61. The van der Waals surface area contributed by atoms with E-state index in [1.54, 1.807) is 30.3 Å². The first-order valence-electron chi connectivity index (χ1n) is 8.41. The summed E-state index contributed by atoms with van der Waals surface area (Å²) in [6.07, 6.45) is 1.30. The van der Waals surface area contributed by atoms with Crippen molar-refractivity contribution in [2.45, 2.75) is 13.0 Å². The number of benzene rings is 1. The van der Waals surface area contributed by atoms with E-state index in [1.165, 1.54) is 19.4 Å². The highest BCUT2D eigenvalue weighted by molar-refractivity contribution is 5.91. The lowest BCUT2D eigenvalue weighted by atomic mass is 10.1. The molecule has 9 nitrogen and oxygen atoms in total. The summed E-state index contributed by atoms with van der Waals surface area (Å²) in [5.74, 6) is -1.81. The van der Waals surface area contributed by atoms with E-state index in [0.717, 1.165) is 5.56 Å². The zero-order valence-electron chi connectivity index (χ0n) is 15.2. The highest BCUT2D eigenvalue weighted by atomic mass is 16.5. The Bertz CT molecular complexity index is 813. The van der Waals surface area contributed by atoms with Crippen molar-refractivity contribution in [1.29, 1.82) is 0 Å². The Morgan fingerprint density at radius 3 is 2.43 bits per heavy atom. The number of rotatable bonds is 9. The molecule has 2 rings (SSSR count). The van der Waals surface area contributed by atoms with Gasteiger partial charge in [-0.05, 0) is 29.8 Å². The summed E-state index contributed by atoms with van der Waals surface area (Å²) in [4.78, 5) is 46.3. The van der Waals surface area contributed by atoms with Gasteiger partial charge in [0.1, 0.15) is 0 Å². The van der Waals surface area contributed by atoms with Crippen LogP contribution in [0, 0.1) is 0 Å². The normalized spacial score (nSPS) is 10.0. The van der Waals surface area contributed by atoms with Crippen molar-refractivity contribution in [2.24, 2.45) is 0 Å². The molecule has 2 N–H and O–H groups in total. The monoisotopic (exact) mass is 388 g/mol. The summed E-state index contributed by atoms with van der Waals surface area (Å²) in [6, 6.07) is 9.62. The topological polar surface area (TPSA) is 124 Å². The zero-order chi connectivity index (χ0) is 20.4. The Balaban J connectivity index is 1.61. The Morgan fingerprint density at radius 2 is 1.79 bits per heavy atom. The molecule has 1 aromatic heterocycles. The summed E-state index contributed by atoms with van der Waals surface area (Å²) < 4.78 is 14.4. The molecule has 2 amide bonds. The average Bonchev–Trinajstić information content (AvgIpc) is 3.25. The number of ether oxygens (including phenoxy) is 2. The van der Waals surface area contributed by atoms with Crippen LogP contribution in [0.3, 0.4) is 0 Å². The molecule has 1 heterocycles. The Labute approximate surface area is 161 Å². The second-order valence-corrected chi connectivity index (χ2v) is 5.61. The molecular formula is C19H20N2O7. The lowest BCUT2D eigenvalue weighted by Gasteiger charge is -2.08. The summed E-state index contributed by atoms with van der Waals surface area (Å²) in [6.45, 7) is -0.144. The maximum atomic E-state index is 11.7. The van der Waals surface area contributed by atoms with Crippen LogP contribution in [0.1, 0.15) is 32.9 Å². The summed E-state index contributed by atoms with van der Waals surface area (Å²) in [7, 11) is 1.30. The van der Waals surface area contributed by atoms with E-state index in [4.69, 9.17) is 9.15 Å². The van der Waals surface area contributed by atoms with Gasteiger partial charge in [0.2, 0.25) is 0 Å². The molecule has 0 aliphatic heterocycles. The summed E-state index contributed by atoms with van der Waals surface area (Å²) in [5.41, 5.74) is 1.18. The molecule has 0 bridgehead atoms. The molecule has 0 saturated heterocycles. The van der Waals surface area contributed by atoms with Crippen molar-refractivity contribution in [1.82, 2.24) is 10.6 Å². The van der Waals surface area contributed by atoms with Crippen molar-refractivity contribution in [3.8, 4) is 0 Å². The van der Waals surface area contributed by atoms with Gasteiger partial charge in [0.25, 0.3) is 11.8 Å². The fraction of sp³-hybridized carbons (Fsp3) is 0.263. The van der Waals surface area contributed by atoms with Crippen molar-refractivity contribution < 1.29 is 33.1 Å². The average molecular weight is 388 g/mol. The number of esters is 2. The molecule has 0 spiro atoms. The fourth-order valence-electron chi connectivity index (χ4n) is 2.12. The third kappa shape index (κ3) is 6.60. The minimum atomic E-state index is -0.614. The molecule has 0 unspecified atom stereocenters. The quantitative estimate of drug-likeness (QED) is 0.615. The lowest BCUT2D eigenvalue weighted by molar-refractivity contribution is -0.148. The van der Waals surface area contributed by atoms with Gasteiger partial charge in [0.05, 0.1) is 25.4 Å². The van der Waals surface area contributed by atoms with E-state index >= 15 is 0 Å². The first kappa shape index (κ1) is 20.7. The van der Waals surface area contributed by atoms with Gasteiger partial charge in [0.15, 0.2) is 12.4 Å². The van der Waals surface area contributed by atoms with Gasteiger partial charge in [-0.25, -0.2) is 4.79 Å². The van der Waals surface area contributed by atoms with E-state index in [1.807, 2.05) is 0 Å².